The number of allylic oxidation sites excluding steroid dienone is 2. The standard InChI is InChI=1S/C21H36N2O4/c24-15-11-7-3-1-5-9-13-20(26)22-18-17-19(18)23-21(27)14-10-6-2-4-8-12-16-25/h9-10,13-14,18-19,24-25H,1-8,11-12,15-17H2,(H,22,26)(H,23,27)/b13-9+,14-10+/t18-,19+. The third-order valence-electron chi connectivity index (χ3n) is 4.54. The molecule has 1 saturated carbocycles. The summed E-state index contributed by atoms with van der Waals surface area (Å²) >= 11 is 0. The van der Waals surface area contributed by atoms with E-state index in [0.29, 0.717) is 0 Å². The van der Waals surface area contributed by atoms with Gasteiger partial charge in [-0.15, -0.1) is 0 Å². The van der Waals surface area contributed by atoms with Gasteiger partial charge in [-0.25, -0.2) is 0 Å². The normalized spacial score (nSPS) is 18.9. The summed E-state index contributed by atoms with van der Waals surface area (Å²) in [6.07, 6.45) is 17.4. The van der Waals surface area contributed by atoms with Gasteiger partial charge in [0.1, 0.15) is 0 Å². The van der Waals surface area contributed by atoms with Crippen molar-refractivity contribution in [1.29, 1.82) is 0 Å². The van der Waals surface area contributed by atoms with E-state index >= 15 is 0 Å². The average molecular weight is 381 g/mol. The van der Waals surface area contributed by atoms with Crippen LogP contribution in [-0.2, 0) is 9.59 Å². The van der Waals surface area contributed by atoms with Crippen molar-refractivity contribution >= 4 is 11.8 Å². The molecule has 1 aliphatic carbocycles. The first-order chi connectivity index (χ1) is 13.2. The van der Waals surface area contributed by atoms with Crippen LogP contribution in [-0.4, -0.2) is 47.3 Å². The van der Waals surface area contributed by atoms with E-state index in [-0.39, 0.29) is 37.1 Å². The molecular formula is C21H36N2O4. The summed E-state index contributed by atoms with van der Waals surface area (Å²) in [4.78, 5) is 23.6. The van der Waals surface area contributed by atoms with E-state index in [1.54, 1.807) is 12.2 Å². The highest BCUT2D eigenvalue weighted by atomic mass is 16.3. The fourth-order valence-electron chi connectivity index (χ4n) is 2.81. The van der Waals surface area contributed by atoms with E-state index < -0.39 is 0 Å². The van der Waals surface area contributed by atoms with E-state index in [0.717, 1.165) is 70.6 Å². The maximum Gasteiger partial charge on any atom is 0.243 e. The number of rotatable bonds is 16. The maximum absolute atomic E-state index is 11.8. The highest BCUT2D eigenvalue weighted by Gasteiger charge is 2.38. The molecule has 4 N–H and O–H groups in total. The molecule has 1 fully saturated rings. The smallest absolute Gasteiger partial charge is 0.243 e. The van der Waals surface area contributed by atoms with Crippen LogP contribution in [0, 0.1) is 0 Å². The second kappa shape index (κ2) is 15.4. The Morgan fingerprint density at radius 2 is 1.11 bits per heavy atom. The van der Waals surface area contributed by atoms with Gasteiger partial charge < -0.3 is 20.8 Å². The first-order valence-electron chi connectivity index (χ1n) is 10.3. The number of hydrogen-bond donors (Lipinski definition) is 4. The average Bonchev–Trinajstić information content (AvgIpc) is 3.37. The minimum absolute atomic E-state index is 0.0301. The van der Waals surface area contributed by atoms with Crippen LogP contribution < -0.4 is 10.6 Å². The molecule has 6 heteroatoms. The minimum Gasteiger partial charge on any atom is -0.396 e. The van der Waals surface area contributed by atoms with Gasteiger partial charge in [-0.2, -0.15) is 0 Å². The Hall–Kier alpha value is -1.66. The summed E-state index contributed by atoms with van der Waals surface area (Å²) in [6, 6.07) is 0.0603. The van der Waals surface area contributed by atoms with E-state index in [1.807, 2.05) is 12.2 Å². The number of hydrogen-bond acceptors (Lipinski definition) is 4. The van der Waals surface area contributed by atoms with Crippen molar-refractivity contribution in [2.45, 2.75) is 82.7 Å². The number of carbonyl (C=O) groups is 2. The van der Waals surface area contributed by atoms with Crippen LogP contribution in [0.3, 0.4) is 0 Å². The number of unbranched alkanes of at least 4 members (excludes halogenated alkanes) is 8. The molecule has 2 amide bonds. The molecule has 0 saturated heterocycles. The Balaban J connectivity index is 2.03. The second-order valence-electron chi connectivity index (χ2n) is 7.12. The SMILES string of the molecule is O=C(/C=C/CCCCCCO)N[C@H]1C[C@H]1NC(=O)/C=C/CCCCCCO. The summed E-state index contributed by atoms with van der Waals surface area (Å²) in [6.45, 7) is 0.497. The molecule has 27 heavy (non-hydrogen) atoms. The minimum atomic E-state index is -0.106. The lowest BCUT2D eigenvalue weighted by atomic mass is 10.1. The number of carbonyl (C=O) groups excluding carboxylic acids is 2. The van der Waals surface area contributed by atoms with Crippen molar-refractivity contribution in [3.63, 3.8) is 0 Å². The summed E-state index contributed by atoms with van der Waals surface area (Å²) < 4.78 is 0. The Morgan fingerprint density at radius 3 is 1.52 bits per heavy atom. The highest BCUT2D eigenvalue weighted by Crippen LogP contribution is 2.21. The Labute approximate surface area is 163 Å². The van der Waals surface area contributed by atoms with Gasteiger partial charge in [-0.05, 0) is 57.1 Å². The van der Waals surface area contributed by atoms with E-state index in [1.165, 1.54) is 0 Å². The molecule has 2 atom stereocenters. The van der Waals surface area contributed by atoms with Gasteiger partial charge in [0.05, 0.1) is 12.1 Å². The van der Waals surface area contributed by atoms with E-state index in [2.05, 4.69) is 10.6 Å². The molecule has 0 bridgehead atoms. The quantitative estimate of drug-likeness (QED) is 0.244. The molecular weight excluding hydrogens is 344 g/mol. The molecule has 0 aliphatic heterocycles. The van der Waals surface area contributed by atoms with Crippen LogP contribution in [0.4, 0.5) is 0 Å². The summed E-state index contributed by atoms with van der Waals surface area (Å²) in [7, 11) is 0. The first-order valence-corrected chi connectivity index (χ1v) is 10.3. The van der Waals surface area contributed by atoms with Gasteiger partial charge >= 0.3 is 0 Å². The summed E-state index contributed by atoms with van der Waals surface area (Å²) in [5.41, 5.74) is 0. The molecule has 1 rings (SSSR count). The van der Waals surface area contributed by atoms with Gasteiger partial charge in [0.15, 0.2) is 0 Å². The molecule has 0 spiro atoms. The van der Waals surface area contributed by atoms with Crippen molar-refractivity contribution in [3.05, 3.63) is 24.3 Å². The van der Waals surface area contributed by atoms with Gasteiger partial charge in [-0.3, -0.25) is 9.59 Å². The van der Waals surface area contributed by atoms with E-state index in [9.17, 15) is 9.59 Å². The lowest BCUT2D eigenvalue weighted by Gasteiger charge is -2.02. The zero-order valence-electron chi connectivity index (χ0n) is 16.4. The fraction of sp³-hybridized carbons (Fsp3) is 0.714. The monoisotopic (exact) mass is 380 g/mol. The largest absolute Gasteiger partial charge is 0.396 e. The van der Waals surface area contributed by atoms with Crippen molar-refractivity contribution in [3.8, 4) is 0 Å². The topological polar surface area (TPSA) is 98.7 Å². The van der Waals surface area contributed by atoms with Gasteiger partial charge in [0.25, 0.3) is 0 Å². The van der Waals surface area contributed by atoms with Crippen LogP contribution in [0.1, 0.15) is 70.6 Å². The van der Waals surface area contributed by atoms with Crippen LogP contribution in [0.5, 0.6) is 0 Å². The third kappa shape index (κ3) is 13.2. The van der Waals surface area contributed by atoms with Crippen LogP contribution in [0.2, 0.25) is 0 Å². The van der Waals surface area contributed by atoms with Gasteiger partial charge in [0.2, 0.25) is 11.8 Å². The Bertz CT molecular complexity index is 435. The summed E-state index contributed by atoms with van der Waals surface area (Å²) in [5.74, 6) is -0.212. The molecule has 6 nitrogen and oxygen atoms in total. The Kier molecular flexibility index (Phi) is 13.3. The van der Waals surface area contributed by atoms with Crippen molar-refractivity contribution < 1.29 is 19.8 Å². The number of nitrogens with one attached hydrogen (secondary N) is 2. The molecule has 0 aromatic heterocycles. The highest BCUT2D eigenvalue weighted by molar-refractivity contribution is 5.89. The first kappa shape index (κ1) is 23.4. The zero-order chi connectivity index (χ0) is 19.7. The van der Waals surface area contributed by atoms with Crippen LogP contribution in [0.25, 0.3) is 0 Å². The summed E-state index contributed by atoms with van der Waals surface area (Å²) in [5, 5.41) is 23.2. The van der Waals surface area contributed by atoms with Crippen LogP contribution >= 0.6 is 0 Å². The molecule has 0 unspecified atom stereocenters. The van der Waals surface area contributed by atoms with Crippen LogP contribution in [0.15, 0.2) is 24.3 Å². The maximum atomic E-state index is 11.8. The molecule has 0 radical (unpaired) electrons. The third-order valence-corrected chi connectivity index (χ3v) is 4.54. The predicted octanol–water partition coefficient (Wildman–Crippen LogP) is 2.36. The van der Waals surface area contributed by atoms with Crippen molar-refractivity contribution in [2.75, 3.05) is 13.2 Å². The van der Waals surface area contributed by atoms with E-state index in [4.69, 9.17) is 10.2 Å². The van der Waals surface area contributed by atoms with Crippen molar-refractivity contribution in [2.24, 2.45) is 0 Å². The van der Waals surface area contributed by atoms with Gasteiger partial charge in [-0.1, -0.05) is 37.8 Å². The number of aliphatic hydroxyl groups excluding tert-OH is 2. The van der Waals surface area contributed by atoms with Crippen molar-refractivity contribution in [1.82, 2.24) is 10.6 Å². The Morgan fingerprint density at radius 1 is 0.704 bits per heavy atom. The molecule has 154 valence electrons. The van der Waals surface area contributed by atoms with Gasteiger partial charge in [0, 0.05) is 13.2 Å². The number of aliphatic hydroxyl groups is 2. The molecule has 1 aliphatic rings. The fourth-order valence-corrected chi connectivity index (χ4v) is 2.81. The molecule has 0 aromatic carbocycles. The molecule has 0 aromatic rings. The lowest BCUT2D eigenvalue weighted by Crippen LogP contribution is -2.33. The number of amides is 2. The molecule has 0 heterocycles. The zero-order valence-corrected chi connectivity index (χ0v) is 16.4. The predicted molar refractivity (Wildman–Crippen MR) is 107 cm³/mol. The second-order valence-corrected chi connectivity index (χ2v) is 7.12. The lowest BCUT2D eigenvalue weighted by molar-refractivity contribution is -0.118.